The second kappa shape index (κ2) is 4.49. The Morgan fingerprint density at radius 2 is 2.46 bits per heavy atom. The van der Waals surface area contributed by atoms with Crippen molar-refractivity contribution in [3.05, 3.63) is 24.3 Å². The zero-order valence-electron chi connectivity index (χ0n) is 7.73. The van der Waals surface area contributed by atoms with Crippen molar-refractivity contribution in [1.82, 2.24) is 9.97 Å². The maximum Gasteiger partial charge on any atom is 0.206 e. The van der Waals surface area contributed by atoms with E-state index in [0.717, 1.165) is 0 Å². The Bertz CT molecular complexity index is 302. The van der Waals surface area contributed by atoms with Crippen LogP contribution in [-0.4, -0.2) is 23.2 Å². The van der Waals surface area contributed by atoms with Gasteiger partial charge in [0, 0.05) is 12.9 Å². The highest BCUT2D eigenvalue weighted by molar-refractivity contribution is 7.57. The number of nitrogens with zero attached hydrogens (tertiary/aromatic N) is 2. The van der Waals surface area contributed by atoms with E-state index in [1.54, 1.807) is 12.9 Å². The van der Waals surface area contributed by atoms with E-state index in [0.29, 0.717) is 18.5 Å². The Kier molecular flexibility index (Phi) is 3.58. The van der Waals surface area contributed by atoms with Gasteiger partial charge in [0.2, 0.25) is 7.37 Å². The Labute approximate surface area is 77.8 Å². The molecule has 1 aromatic rings. The summed E-state index contributed by atoms with van der Waals surface area (Å²) in [6.07, 6.45) is 5.91. The molecule has 0 N–H and O–H groups in total. The molecule has 5 heteroatoms. The predicted octanol–water partition coefficient (Wildman–Crippen LogP) is 1.72. The van der Waals surface area contributed by atoms with Crippen LogP contribution in [0.15, 0.2) is 12.4 Å². The van der Waals surface area contributed by atoms with E-state index in [9.17, 15) is 4.57 Å². The highest BCUT2D eigenvalue weighted by Gasteiger charge is 2.16. The summed E-state index contributed by atoms with van der Waals surface area (Å²) in [5.74, 6) is 0. The molecule has 0 aromatic carbocycles. The zero-order valence-corrected chi connectivity index (χ0v) is 8.62. The summed E-state index contributed by atoms with van der Waals surface area (Å²) in [4.78, 5) is 7.74. The summed E-state index contributed by atoms with van der Waals surface area (Å²) in [5.41, 5.74) is 0.679. The van der Waals surface area contributed by atoms with Crippen LogP contribution in [0, 0.1) is 6.20 Å². The minimum absolute atomic E-state index is 0.336. The van der Waals surface area contributed by atoms with Crippen molar-refractivity contribution in [2.24, 2.45) is 0 Å². The van der Waals surface area contributed by atoms with Gasteiger partial charge in [0.25, 0.3) is 0 Å². The average molecular weight is 199 g/mol. The smallest absolute Gasteiger partial charge is 0.206 e. The van der Waals surface area contributed by atoms with Crippen LogP contribution in [0.2, 0.25) is 0 Å². The first-order valence-corrected chi connectivity index (χ1v) is 6.28. The fourth-order valence-corrected chi connectivity index (χ4v) is 2.37. The molecule has 0 saturated carbocycles. The molecule has 13 heavy (non-hydrogen) atoms. The maximum atomic E-state index is 11.7. The molecule has 1 radical (unpaired) electrons. The number of aromatic nitrogens is 2. The zero-order chi connectivity index (χ0) is 9.73. The number of hydrogen-bond acceptors (Lipinski definition) is 4. The van der Waals surface area contributed by atoms with E-state index in [1.807, 2.05) is 6.92 Å². The summed E-state index contributed by atoms with van der Waals surface area (Å²) in [6.45, 7) is 3.88. The van der Waals surface area contributed by atoms with Gasteiger partial charge in [0.15, 0.2) is 0 Å². The molecule has 0 aliphatic heterocycles. The van der Waals surface area contributed by atoms with Gasteiger partial charge in [-0.1, -0.05) is 0 Å². The van der Waals surface area contributed by atoms with Crippen LogP contribution in [0.3, 0.4) is 0 Å². The van der Waals surface area contributed by atoms with Gasteiger partial charge in [-0.05, 0) is 6.92 Å². The molecule has 0 bridgehead atoms. The van der Waals surface area contributed by atoms with Crippen molar-refractivity contribution in [3.8, 4) is 0 Å². The highest BCUT2D eigenvalue weighted by Crippen LogP contribution is 2.45. The molecule has 0 spiro atoms. The maximum absolute atomic E-state index is 11.7. The summed E-state index contributed by atoms with van der Waals surface area (Å²) in [7, 11) is -2.53. The van der Waals surface area contributed by atoms with Gasteiger partial charge in [0.1, 0.15) is 6.20 Å². The molecule has 0 amide bonds. The van der Waals surface area contributed by atoms with Gasteiger partial charge < -0.3 is 4.52 Å². The lowest BCUT2D eigenvalue weighted by molar-refractivity contribution is 0.336. The van der Waals surface area contributed by atoms with Gasteiger partial charge >= 0.3 is 0 Å². The van der Waals surface area contributed by atoms with Crippen LogP contribution in [0.1, 0.15) is 12.6 Å². The lowest BCUT2D eigenvalue weighted by atomic mass is 10.5. The minimum atomic E-state index is -2.53. The average Bonchev–Trinajstić information content (AvgIpc) is 2.04. The molecule has 1 aromatic heterocycles. The minimum Gasteiger partial charge on any atom is -0.329 e. The third-order valence-corrected chi connectivity index (χ3v) is 3.13. The van der Waals surface area contributed by atoms with Crippen LogP contribution < -0.4 is 0 Å². The number of hydrogen-bond donors (Lipinski definition) is 0. The van der Waals surface area contributed by atoms with Crippen LogP contribution in [-0.2, 0) is 15.3 Å². The molecule has 1 heterocycles. The molecule has 0 aliphatic rings. The van der Waals surface area contributed by atoms with E-state index in [4.69, 9.17) is 4.52 Å². The molecule has 1 atom stereocenters. The van der Waals surface area contributed by atoms with E-state index in [-0.39, 0.29) is 0 Å². The van der Waals surface area contributed by atoms with Crippen molar-refractivity contribution in [3.63, 3.8) is 0 Å². The predicted molar refractivity (Wildman–Crippen MR) is 49.7 cm³/mol. The van der Waals surface area contributed by atoms with E-state index < -0.39 is 7.37 Å². The van der Waals surface area contributed by atoms with Gasteiger partial charge in [-0.2, -0.15) is 0 Å². The van der Waals surface area contributed by atoms with Gasteiger partial charge in [0.05, 0.1) is 24.7 Å². The molecule has 1 unspecified atom stereocenters. The fourth-order valence-electron chi connectivity index (χ4n) is 0.985. The highest BCUT2D eigenvalue weighted by atomic mass is 31.2. The molecule has 0 fully saturated rings. The van der Waals surface area contributed by atoms with Crippen LogP contribution in [0.25, 0.3) is 0 Å². The van der Waals surface area contributed by atoms with Crippen LogP contribution in [0.5, 0.6) is 0 Å². The van der Waals surface area contributed by atoms with Gasteiger partial charge in [-0.15, -0.1) is 0 Å². The Hall–Kier alpha value is -0.730. The third-order valence-electron chi connectivity index (χ3n) is 1.43. The first-order chi connectivity index (χ1) is 6.14. The summed E-state index contributed by atoms with van der Waals surface area (Å²) >= 11 is 0. The van der Waals surface area contributed by atoms with Crippen LogP contribution in [0.4, 0.5) is 0 Å². The van der Waals surface area contributed by atoms with Gasteiger partial charge in [-0.3, -0.25) is 14.5 Å². The quantitative estimate of drug-likeness (QED) is 0.693. The molecule has 4 nitrogen and oxygen atoms in total. The van der Waals surface area contributed by atoms with Crippen molar-refractivity contribution >= 4 is 7.37 Å². The topological polar surface area (TPSA) is 52.1 Å². The molecular weight excluding hydrogens is 187 g/mol. The largest absolute Gasteiger partial charge is 0.329 e. The summed E-state index contributed by atoms with van der Waals surface area (Å²) in [5, 5.41) is 0. The SMILES string of the molecule is CCOP(C)(=O)Cc1cn[c]cn1. The lowest BCUT2D eigenvalue weighted by Crippen LogP contribution is -1.95. The van der Waals surface area contributed by atoms with Crippen molar-refractivity contribution in [1.29, 1.82) is 0 Å². The second-order valence-corrected chi connectivity index (χ2v) is 5.33. The Morgan fingerprint density at radius 3 is 3.00 bits per heavy atom. The molecular formula is C8H12N2O2P. The Morgan fingerprint density at radius 1 is 1.69 bits per heavy atom. The summed E-state index contributed by atoms with van der Waals surface area (Å²) in [6, 6.07) is 0. The summed E-state index contributed by atoms with van der Waals surface area (Å²) < 4.78 is 16.8. The fraction of sp³-hybridized carbons (Fsp3) is 0.500. The third kappa shape index (κ3) is 3.66. The van der Waals surface area contributed by atoms with Crippen molar-refractivity contribution < 1.29 is 9.09 Å². The molecule has 0 saturated heterocycles. The Balaban J connectivity index is 2.64. The van der Waals surface area contributed by atoms with Crippen molar-refractivity contribution in [2.75, 3.05) is 13.3 Å². The standard InChI is InChI=1S/C8H12N2O2P/c1-3-12-13(2,11)7-8-6-9-4-5-10-8/h5-6H,3,7H2,1-2H3. The first-order valence-electron chi connectivity index (χ1n) is 4.02. The first kappa shape index (κ1) is 10.4. The molecule has 0 aliphatic carbocycles. The lowest BCUT2D eigenvalue weighted by Gasteiger charge is -2.10. The van der Waals surface area contributed by atoms with E-state index in [2.05, 4.69) is 16.2 Å². The normalized spacial score (nSPS) is 15.2. The molecule has 71 valence electrons. The monoisotopic (exact) mass is 199 g/mol. The van der Waals surface area contributed by atoms with E-state index in [1.165, 1.54) is 6.20 Å². The number of rotatable bonds is 4. The molecule has 1 rings (SSSR count). The second-order valence-electron chi connectivity index (χ2n) is 2.73. The van der Waals surface area contributed by atoms with Crippen LogP contribution >= 0.6 is 7.37 Å². The van der Waals surface area contributed by atoms with E-state index >= 15 is 0 Å². The van der Waals surface area contributed by atoms with Crippen molar-refractivity contribution in [2.45, 2.75) is 13.1 Å². The van der Waals surface area contributed by atoms with Gasteiger partial charge in [-0.25, -0.2) is 0 Å².